The number of hydrogen-bond donors (Lipinski definition) is 1. The first kappa shape index (κ1) is 11.1. The van der Waals surface area contributed by atoms with E-state index in [1.54, 1.807) is 16.8 Å². The van der Waals surface area contributed by atoms with E-state index in [0.717, 1.165) is 6.54 Å². The number of hydrogen-bond acceptors (Lipinski definition) is 5. The van der Waals surface area contributed by atoms with Crippen molar-refractivity contribution in [2.75, 3.05) is 13.7 Å². The third-order valence-electron chi connectivity index (χ3n) is 1.84. The van der Waals surface area contributed by atoms with Crippen molar-refractivity contribution in [2.45, 2.75) is 13.5 Å². The van der Waals surface area contributed by atoms with Crippen LogP contribution in [0.4, 0.5) is 0 Å². The lowest BCUT2D eigenvalue weighted by Crippen LogP contribution is -2.26. The molecule has 0 fully saturated rings. The second-order valence-corrected chi connectivity index (χ2v) is 3.99. The molecule has 1 atom stereocenters. The van der Waals surface area contributed by atoms with Gasteiger partial charge in [0.2, 0.25) is 0 Å². The minimum atomic E-state index is -0.179. The molecule has 0 saturated heterocycles. The summed E-state index contributed by atoms with van der Waals surface area (Å²) >= 11 is 1.60. The molecule has 0 aliphatic rings. The van der Waals surface area contributed by atoms with Crippen LogP contribution in [0.1, 0.15) is 11.8 Å². The molecule has 5 heteroatoms. The number of thiazole rings is 1. The fourth-order valence-electron chi connectivity index (χ4n) is 1.03. The summed E-state index contributed by atoms with van der Waals surface area (Å²) in [6, 6.07) is 0. The van der Waals surface area contributed by atoms with Gasteiger partial charge in [-0.15, -0.1) is 11.3 Å². The zero-order chi connectivity index (χ0) is 10.4. The highest BCUT2D eigenvalue weighted by Gasteiger charge is 2.11. The molecule has 78 valence electrons. The maximum absolute atomic E-state index is 11.0. The van der Waals surface area contributed by atoms with Crippen LogP contribution in [0.5, 0.6) is 0 Å². The van der Waals surface area contributed by atoms with Gasteiger partial charge in [0, 0.05) is 24.2 Å². The Morgan fingerprint density at radius 3 is 3.14 bits per heavy atom. The number of carbonyl (C=O) groups excluding carboxylic acids is 1. The lowest BCUT2D eigenvalue weighted by Gasteiger charge is -2.09. The molecule has 1 rings (SSSR count). The fourth-order valence-corrected chi connectivity index (χ4v) is 1.59. The molecule has 0 saturated carbocycles. The van der Waals surface area contributed by atoms with Crippen LogP contribution in [0.25, 0.3) is 0 Å². The molecule has 0 bridgehead atoms. The standard InChI is InChI=1S/C9H14N2O2S/c1-7(9(12)13-2)3-10-4-8-5-11-6-14-8/h5-7,10H,3-4H2,1-2H3. The van der Waals surface area contributed by atoms with E-state index >= 15 is 0 Å². The van der Waals surface area contributed by atoms with Crippen LogP contribution in [0, 0.1) is 5.92 Å². The summed E-state index contributed by atoms with van der Waals surface area (Å²) in [5.74, 6) is -0.283. The van der Waals surface area contributed by atoms with Crippen LogP contribution in [-0.4, -0.2) is 24.6 Å². The van der Waals surface area contributed by atoms with Crippen molar-refractivity contribution in [3.8, 4) is 0 Å². The van der Waals surface area contributed by atoms with E-state index in [1.165, 1.54) is 12.0 Å². The quantitative estimate of drug-likeness (QED) is 0.744. The van der Waals surface area contributed by atoms with Crippen molar-refractivity contribution >= 4 is 17.3 Å². The number of methoxy groups -OCH3 is 1. The Kier molecular flexibility index (Phi) is 4.55. The predicted octanol–water partition coefficient (Wildman–Crippen LogP) is 1.04. The van der Waals surface area contributed by atoms with Gasteiger partial charge in [-0.3, -0.25) is 9.78 Å². The molecule has 1 aromatic heterocycles. The molecule has 0 spiro atoms. The minimum absolute atomic E-state index is 0.104. The highest BCUT2D eigenvalue weighted by atomic mass is 32.1. The lowest BCUT2D eigenvalue weighted by molar-refractivity contribution is -0.144. The minimum Gasteiger partial charge on any atom is -0.469 e. The van der Waals surface area contributed by atoms with Crippen LogP contribution in [-0.2, 0) is 16.1 Å². The monoisotopic (exact) mass is 214 g/mol. The van der Waals surface area contributed by atoms with Gasteiger partial charge < -0.3 is 10.1 Å². The van der Waals surface area contributed by atoms with Crippen LogP contribution in [0.2, 0.25) is 0 Å². The number of esters is 1. The Balaban J connectivity index is 2.18. The summed E-state index contributed by atoms with van der Waals surface area (Å²) in [5, 5.41) is 3.17. The van der Waals surface area contributed by atoms with Crippen molar-refractivity contribution < 1.29 is 9.53 Å². The van der Waals surface area contributed by atoms with Crippen molar-refractivity contribution in [1.82, 2.24) is 10.3 Å². The zero-order valence-electron chi connectivity index (χ0n) is 8.32. The fraction of sp³-hybridized carbons (Fsp3) is 0.556. The highest BCUT2D eigenvalue weighted by Crippen LogP contribution is 2.04. The molecule has 1 N–H and O–H groups in total. The first-order chi connectivity index (χ1) is 6.74. The second-order valence-electron chi connectivity index (χ2n) is 3.02. The first-order valence-corrected chi connectivity index (χ1v) is 5.28. The van der Waals surface area contributed by atoms with Gasteiger partial charge in [0.05, 0.1) is 18.5 Å². The Hall–Kier alpha value is -0.940. The average Bonchev–Trinajstić information content (AvgIpc) is 2.69. The van der Waals surface area contributed by atoms with Gasteiger partial charge in [0.1, 0.15) is 0 Å². The van der Waals surface area contributed by atoms with E-state index in [9.17, 15) is 4.79 Å². The van der Waals surface area contributed by atoms with Crippen molar-refractivity contribution in [3.05, 3.63) is 16.6 Å². The van der Waals surface area contributed by atoms with Gasteiger partial charge >= 0.3 is 5.97 Å². The van der Waals surface area contributed by atoms with Gasteiger partial charge in [0.15, 0.2) is 0 Å². The van der Waals surface area contributed by atoms with Gasteiger partial charge in [0.25, 0.3) is 0 Å². The first-order valence-electron chi connectivity index (χ1n) is 4.40. The molecular formula is C9H14N2O2S. The molecule has 0 aromatic carbocycles. The maximum atomic E-state index is 11.0. The smallest absolute Gasteiger partial charge is 0.309 e. The van der Waals surface area contributed by atoms with E-state index in [-0.39, 0.29) is 11.9 Å². The van der Waals surface area contributed by atoms with E-state index < -0.39 is 0 Å². The summed E-state index contributed by atoms with van der Waals surface area (Å²) in [6.07, 6.45) is 1.82. The Bertz CT molecular complexity index is 274. The average molecular weight is 214 g/mol. The van der Waals surface area contributed by atoms with Crippen LogP contribution in [0.3, 0.4) is 0 Å². The molecule has 1 unspecified atom stereocenters. The summed E-state index contributed by atoms with van der Waals surface area (Å²) in [6.45, 7) is 3.22. The normalized spacial score (nSPS) is 12.4. The number of nitrogens with one attached hydrogen (secondary N) is 1. The van der Waals surface area contributed by atoms with E-state index in [0.29, 0.717) is 6.54 Å². The number of carbonyl (C=O) groups is 1. The maximum Gasteiger partial charge on any atom is 0.309 e. The van der Waals surface area contributed by atoms with E-state index in [1.807, 2.05) is 13.1 Å². The Morgan fingerprint density at radius 2 is 2.57 bits per heavy atom. The largest absolute Gasteiger partial charge is 0.469 e. The van der Waals surface area contributed by atoms with Gasteiger partial charge in [-0.1, -0.05) is 6.92 Å². The van der Waals surface area contributed by atoms with Crippen molar-refractivity contribution in [2.24, 2.45) is 5.92 Å². The molecule has 1 aromatic rings. The highest BCUT2D eigenvalue weighted by molar-refractivity contribution is 7.09. The molecule has 0 amide bonds. The topological polar surface area (TPSA) is 51.2 Å². The summed E-state index contributed by atoms with van der Waals surface area (Å²) in [4.78, 5) is 16.2. The van der Waals surface area contributed by atoms with Crippen LogP contribution < -0.4 is 5.32 Å². The van der Waals surface area contributed by atoms with Crippen LogP contribution in [0.15, 0.2) is 11.7 Å². The zero-order valence-corrected chi connectivity index (χ0v) is 9.13. The van der Waals surface area contributed by atoms with Gasteiger partial charge in [-0.25, -0.2) is 0 Å². The molecule has 0 radical (unpaired) electrons. The summed E-state index contributed by atoms with van der Waals surface area (Å²) in [5.41, 5.74) is 1.79. The van der Waals surface area contributed by atoms with E-state index in [2.05, 4.69) is 15.0 Å². The predicted molar refractivity (Wildman–Crippen MR) is 55.0 cm³/mol. The molecular weight excluding hydrogens is 200 g/mol. The molecule has 14 heavy (non-hydrogen) atoms. The van der Waals surface area contributed by atoms with Crippen molar-refractivity contribution in [1.29, 1.82) is 0 Å². The summed E-state index contributed by atoms with van der Waals surface area (Å²) < 4.78 is 4.61. The molecule has 4 nitrogen and oxygen atoms in total. The number of aromatic nitrogens is 1. The molecule has 0 aliphatic heterocycles. The second kappa shape index (κ2) is 5.72. The van der Waals surface area contributed by atoms with Gasteiger partial charge in [-0.05, 0) is 0 Å². The SMILES string of the molecule is COC(=O)C(C)CNCc1cncs1. The number of nitrogens with zero attached hydrogens (tertiary/aromatic N) is 1. The molecule has 0 aliphatic carbocycles. The summed E-state index contributed by atoms with van der Waals surface area (Å²) in [7, 11) is 1.40. The third-order valence-corrected chi connectivity index (χ3v) is 2.62. The van der Waals surface area contributed by atoms with E-state index in [4.69, 9.17) is 0 Å². The van der Waals surface area contributed by atoms with Crippen LogP contribution >= 0.6 is 11.3 Å². The lowest BCUT2D eigenvalue weighted by atomic mass is 10.2. The number of ether oxygens (including phenoxy) is 1. The number of rotatable bonds is 5. The third kappa shape index (κ3) is 3.43. The Labute approximate surface area is 87.3 Å². The van der Waals surface area contributed by atoms with Crippen molar-refractivity contribution in [3.63, 3.8) is 0 Å². The van der Waals surface area contributed by atoms with Gasteiger partial charge in [-0.2, -0.15) is 0 Å². The Morgan fingerprint density at radius 1 is 1.79 bits per heavy atom. The molecule has 1 heterocycles.